The maximum absolute atomic E-state index is 15.4. The molecule has 2 fully saturated rings. The van der Waals surface area contributed by atoms with E-state index in [0.29, 0.717) is 23.7 Å². The minimum Gasteiger partial charge on any atom is -0.490 e. The molecular formula is C40H49F3O. The molecule has 3 aromatic rings. The van der Waals surface area contributed by atoms with Crippen molar-refractivity contribution in [3.05, 3.63) is 89.8 Å². The van der Waals surface area contributed by atoms with Crippen molar-refractivity contribution in [1.82, 2.24) is 0 Å². The van der Waals surface area contributed by atoms with Crippen LogP contribution in [0.4, 0.5) is 13.2 Å². The molecule has 3 aromatic carbocycles. The third-order valence-electron chi connectivity index (χ3n) is 10.3. The van der Waals surface area contributed by atoms with Gasteiger partial charge in [-0.05, 0) is 123 Å². The van der Waals surface area contributed by atoms with Crippen LogP contribution in [0.3, 0.4) is 0 Å². The maximum atomic E-state index is 15.4. The first-order valence-corrected chi connectivity index (χ1v) is 17.1. The van der Waals surface area contributed by atoms with Crippen LogP contribution in [0.1, 0.15) is 109 Å². The van der Waals surface area contributed by atoms with Gasteiger partial charge in [0.15, 0.2) is 11.6 Å². The molecule has 0 amide bonds. The van der Waals surface area contributed by atoms with Crippen LogP contribution in [0, 0.1) is 35.2 Å². The predicted molar refractivity (Wildman–Crippen MR) is 176 cm³/mol. The van der Waals surface area contributed by atoms with Gasteiger partial charge in [-0.3, -0.25) is 0 Å². The molecular weight excluding hydrogens is 553 g/mol. The molecule has 0 aliphatic heterocycles. The van der Waals surface area contributed by atoms with Crippen molar-refractivity contribution < 1.29 is 17.9 Å². The maximum Gasteiger partial charge on any atom is 0.201 e. The van der Waals surface area contributed by atoms with Crippen LogP contribution in [0.5, 0.6) is 5.75 Å². The minimum atomic E-state index is -0.971. The van der Waals surface area contributed by atoms with E-state index in [1.807, 2.05) is 6.07 Å². The molecule has 0 radical (unpaired) electrons. The van der Waals surface area contributed by atoms with Crippen molar-refractivity contribution >= 4 is 0 Å². The van der Waals surface area contributed by atoms with E-state index >= 15 is 4.39 Å². The molecule has 0 aromatic heterocycles. The van der Waals surface area contributed by atoms with Gasteiger partial charge in [0.1, 0.15) is 5.82 Å². The third-order valence-corrected chi connectivity index (χ3v) is 10.3. The summed E-state index contributed by atoms with van der Waals surface area (Å²) in [5.74, 6) is 0.855. The summed E-state index contributed by atoms with van der Waals surface area (Å²) in [4.78, 5) is 0. The summed E-state index contributed by atoms with van der Waals surface area (Å²) in [7, 11) is 0. The van der Waals surface area contributed by atoms with E-state index in [1.54, 1.807) is 36.4 Å². The fraction of sp³-hybridized carbons (Fsp3) is 0.500. The molecule has 0 bridgehead atoms. The number of halogens is 3. The Bertz CT molecular complexity index is 1360. The van der Waals surface area contributed by atoms with Crippen molar-refractivity contribution in [3.8, 4) is 28.0 Å². The van der Waals surface area contributed by atoms with Crippen LogP contribution in [-0.2, 0) is 0 Å². The first-order valence-electron chi connectivity index (χ1n) is 17.1. The zero-order valence-corrected chi connectivity index (χ0v) is 26.6. The average molecular weight is 603 g/mol. The molecule has 1 nitrogen and oxygen atoms in total. The molecule has 2 aliphatic rings. The highest BCUT2D eigenvalue weighted by Gasteiger charge is 2.31. The monoisotopic (exact) mass is 602 g/mol. The normalized spacial score (nSPS) is 22.4. The lowest BCUT2D eigenvalue weighted by molar-refractivity contribution is 0.157. The zero-order chi connectivity index (χ0) is 30.9. The molecule has 4 heteroatoms. The summed E-state index contributed by atoms with van der Waals surface area (Å²) in [6.45, 7) is 4.55. The van der Waals surface area contributed by atoms with E-state index < -0.39 is 11.6 Å². The molecule has 0 unspecified atom stereocenters. The lowest BCUT2D eigenvalue weighted by Gasteiger charge is -2.38. The molecule has 0 saturated heterocycles. The Morgan fingerprint density at radius 3 is 2.00 bits per heavy atom. The van der Waals surface area contributed by atoms with Gasteiger partial charge < -0.3 is 4.74 Å². The quantitative estimate of drug-likeness (QED) is 0.148. The molecule has 0 heterocycles. The number of rotatable bonds is 12. The number of ether oxygens (including phenoxy) is 1. The standard InChI is InChI=1S/C40H49F3O/c1-3-5-7-9-28-10-12-29(13-11-28)30-14-16-31(17-15-30)34-22-23-35(37(41)27-34)32-18-20-33(21-19-32)36-24-25-38(40(43)39(36)42)44-26-8-6-4-2/h3,5,18-25,27-31H,4,6-17,26H2,1-2H3. The average Bonchev–Trinajstić information content (AvgIpc) is 3.06. The Morgan fingerprint density at radius 2 is 1.36 bits per heavy atom. The Hall–Kier alpha value is -3.01. The fourth-order valence-electron chi connectivity index (χ4n) is 7.62. The van der Waals surface area contributed by atoms with Gasteiger partial charge in [-0.25, -0.2) is 8.78 Å². The molecule has 236 valence electrons. The second-order valence-electron chi connectivity index (χ2n) is 13.2. The zero-order valence-electron chi connectivity index (χ0n) is 26.6. The fourth-order valence-corrected chi connectivity index (χ4v) is 7.62. The van der Waals surface area contributed by atoms with Gasteiger partial charge in [0.05, 0.1) is 6.61 Å². The van der Waals surface area contributed by atoms with Crippen LogP contribution in [0.25, 0.3) is 22.3 Å². The van der Waals surface area contributed by atoms with E-state index in [4.69, 9.17) is 4.74 Å². The summed E-state index contributed by atoms with van der Waals surface area (Å²) >= 11 is 0. The Balaban J connectivity index is 1.16. The van der Waals surface area contributed by atoms with Gasteiger partial charge in [-0.1, -0.05) is 81.2 Å². The van der Waals surface area contributed by atoms with Crippen LogP contribution in [0.15, 0.2) is 66.7 Å². The number of hydrogen-bond donors (Lipinski definition) is 0. The molecule has 0 spiro atoms. The summed E-state index contributed by atoms with van der Waals surface area (Å²) in [6.07, 6.45) is 20.2. The van der Waals surface area contributed by atoms with E-state index in [0.717, 1.165) is 61.0 Å². The highest BCUT2D eigenvalue weighted by Crippen LogP contribution is 2.45. The highest BCUT2D eigenvalue weighted by molar-refractivity contribution is 5.71. The second-order valence-corrected chi connectivity index (χ2v) is 13.2. The number of allylic oxidation sites excluding steroid dienone is 2. The summed E-state index contributed by atoms with van der Waals surface area (Å²) in [5.41, 5.74) is 3.06. The van der Waals surface area contributed by atoms with Gasteiger partial charge >= 0.3 is 0 Å². The van der Waals surface area contributed by atoms with Gasteiger partial charge in [0.25, 0.3) is 0 Å². The molecule has 5 rings (SSSR count). The lowest BCUT2D eigenvalue weighted by atomic mass is 9.68. The molecule has 0 N–H and O–H groups in total. The van der Waals surface area contributed by atoms with Crippen LogP contribution < -0.4 is 4.74 Å². The number of unbranched alkanes of at least 4 members (excludes halogenated alkanes) is 2. The summed E-state index contributed by atoms with van der Waals surface area (Å²) in [6, 6.07) is 15.7. The number of hydrogen-bond acceptors (Lipinski definition) is 1. The second kappa shape index (κ2) is 15.8. The van der Waals surface area contributed by atoms with Crippen molar-refractivity contribution in [3.63, 3.8) is 0 Å². The molecule has 2 aliphatic carbocycles. The minimum absolute atomic E-state index is 0.0621. The van der Waals surface area contributed by atoms with Crippen molar-refractivity contribution in [2.24, 2.45) is 17.8 Å². The molecule has 2 saturated carbocycles. The van der Waals surface area contributed by atoms with Crippen molar-refractivity contribution in [2.45, 2.75) is 103 Å². The Morgan fingerprint density at radius 1 is 0.727 bits per heavy atom. The Labute approximate surface area is 262 Å². The summed E-state index contributed by atoms with van der Waals surface area (Å²) in [5, 5.41) is 0. The predicted octanol–water partition coefficient (Wildman–Crippen LogP) is 12.4. The summed E-state index contributed by atoms with van der Waals surface area (Å²) < 4.78 is 50.4. The van der Waals surface area contributed by atoms with E-state index in [9.17, 15) is 8.78 Å². The lowest BCUT2D eigenvalue weighted by Crippen LogP contribution is -2.25. The third kappa shape index (κ3) is 7.98. The van der Waals surface area contributed by atoms with Gasteiger partial charge in [-0.15, -0.1) is 0 Å². The molecule has 0 atom stereocenters. The van der Waals surface area contributed by atoms with Gasteiger partial charge in [-0.2, -0.15) is 4.39 Å². The van der Waals surface area contributed by atoms with Crippen molar-refractivity contribution in [1.29, 1.82) is 0 Å². The van der Waals surface area contributed by atoms with E-state index in [2.05, 4.69) is 32.1 Å². The van der Waals surface area contributed by atoms with Crippen LogP contribution in [-0.4, -0.2) is 6.61 Å². The first kappa shape index (κ1) is 32.4. The smallest absolute Gasteiger partial charge is 0.201 e. The van der Waals surface area contributed by atoms with Crippen LogP contribution in [0.2, 0.25) is 0 Å². The van der Waals surface area contributed by atoms with Crippen LogP contribution >= 0.6 is 0 Å². The molecule has 44 heavy (non-hydrogen) atoms. The highest BCUT2D eigenvalue weighted by atomic mass is 19.2. The first-order chi connectivity index (χ1) is 21.5. The van der Waals surface area contributed by atoms with Gasteiger partial charge in [0.2, 0.25) is 5.82 Å². The largest absolute Gasteiger partial charge is 0.490 e. The topological polar surface area (TPSA) is 9.23 Å². The van der Waals surface area contributed by atoms with E-state index in [-0.39, 0.29) is 17.1 Å². The SMILES string of the molecule is CC=CCCC1CCC(C2CCC(c3ccc(-c4ccc(-c5ccc(OCCCCC)c(F)c5F)cc4)c(F)c3)CC2)CC1. The number of benzene rings is 3. The Kier molecular flexibility index (Phi) is 11.6. The van der Waals surface area contributed by atoms with Crippen molar-refractivity contribution in [2.75, 3.05) is 6.61 Å². The van der Waals surface area contributed by atoms with E-state index in [1.165, 1.54) is 57.4 Å². The van der Waals surface area contributed by atoms with Gasteiger partial charge in [0, 0.05) is 11.1 Å².